The number of anilines is 2. The summed E-state index contributed by atoms with van der Waals surface area (Å²) >= 11 is 0. The zero-order valence-electron chi connectivity index (χ0n) is 20.9. The third-order valence-corrected chi connectivity index (χ3v) is 6.47. The molecule has 0 radical (unpaired) electrons. The van der Waals surface area contributed by atoms with Gasteiger partial charge in [-0.15, -0.1) is 0 Å². The average Bonchev–Trinajstić information content (AvgIpc) is 2.84. The van der Waals surface area contributed by atoms with E-state index in [0.29, 0.717) is 48.9 Å². The average molecular weight is 496 g/mol. The number of hydrogen-bond acceptors (Lipinski definition) is 7. The van der Waals surface area contributed by atoms with Crippen LogP contribution in [0.15, 0.2) is 41.5 Å². The van der Waals surface area contributed by atoms with Gasteiger partial charge < -0.3 is 24.2 Å². The molecule has 1 unspecified atom stereocenters. The Bertz CT molecular complexity index is 1230. The van der Waals surface area contributed by atoms with E-state index in [-0.39, 0.29) is 24.4 Å². The second kappa shape index (κ2) is 9.00. The molecule has 36 heavy (non-hydrogen) atoms. The van der Waals surface area contributed by atoms with Crippen molar-refractivity contribution < 1.29 is 23.5 Å². The van der Waals surface area contributed by atoms with Crippen molar-refractivity contribution in [3.05, 3.63) is 42.2 Å². The molecule has 190 valence electrons. The van der Waals surface area contributed by atoms with E-state index >= 15 is 4.39 Å². The Labute approximate surface area is 209 Å². The lowest BCUT2D eigenvalue weighted by molar-refractivity contribution is -0.122. The van der Waals surface area contributed by atoms with Gasteiger partial charge >= 0.3 is 6.09 Å². The highest BCUT2D eigenvalue weighted by Gasteiger charge is 2.35. The summed E-state index contributed by atoms with van der Waals surface area (Å²) in [6, 6.07) is 10.1. The second-order valence-corrected chi connectivity index (χ2v) is 10.1. The molecule has 9 nitrogen and oxygen atoms in total. The molecular formula is C26H30FN5O4. The Balaban J connectivity index is 1.41. The van der Waals surface area contributed by atoms with Crippen LogP contribution in [0.25, 0.3) is 11.1 Å². The van der Waals surface area contributed by atoms with Crippen LogP contribution in [0, 0.1) is 5.82 Å². The van der Waals surface area contributed by atoms with Gasteiger partial charge in [-0.3, -0.25) is 4.79 Å². The maximum Gasteiger partial charge on any atom is 0.410 e. The number of nitrogens with one attached hydrogen (secondary N) is 1. The van der Waals surface area contributed by atoms with Gasteiger partial charge in [0.1, 0.15) is 29.8 Å². The van der Waals surface area contributed by atoms with Crippen LogP contribution in [0.3, 0.4) is 0 Å². The molecule has 2 amide bonds. The number of piperazine rings is 1. The van der Waals surface area contributed by atoms with E-state index in [4.69, 9.17) is 9.47 Å². The number of ether oxygens (including phenoxy) is 2. The molecule has 1 fully saturated rings. The molecule has 0 spiro atoms. The number of fused-ring (bicyclic) bond motifs is 3. The zero-order valence-corrected chi connectivity index (χ0v) is 20.9. The Morgan fingerprint density at radius 2 is 1.89 bits per heavy atom. The van der Waals surface area contributed by atoms with Gasteiger partial charge in [-0.05, 0) is 57.5 Å². The molecule has 1 N–H and O–H groups in total. The van der Waals surface area contributed by atoms with Crippen molar-refractivity contribution in [2.24, 2.45) is 5.10 Å². The summed E-state index contributed by atoms with van der Waals surface area (Å²) in [7, 11) is 0. The number of halogens is 1. The van der Waals surface area contributed by atoms with Crippen molar-refractivity contribution in [2.45, 2.75) is 39.3 Å². The van der Waals surface area contributed by atoms with E-state index in [9.17, 15) is 9.59 Å². The largest absolute Gasteiger partial charge is 0.483 e. The first-order valence-corrected chi connectivity index (χ1v) is 12.1. The summed E-state index contributed by atoms with van der Waals surface area (Å²) in [4.78, 5) is 30.2. The number of hydrogen-bond donors (Lipinski definition) is 1. The lowest BCUT2D eigenvalue weighted by Crippen LogP contribution is -2.55. The summed E-state index contributed by atoms with van der Waals surface area (Å²) < 4.78 is 26.7. The third kappa shape index (κ3) is 4.43. The quantitative estimate of drug-likeness (QED) is 0.686. The SMILES string of the molecule is CC1C(=O)NN=C2COc3cc(-c4c(F)cccc4N4CCN(C(=O)OC(C)(C)C)CC4)ccc3N21. The lowest BCUT2D eigenvalue weighted by atomic mass is 9.99. The van der Waals surface area contributed by atoms with Crippen LogP contribution in [-0.2, 0) is 9.53 Å². The summed E-state index contributed by atoms with van der Waals surface area (Å²) in [5.74, 6) is 0.650. The lowest BCUT2D eigenvalue weighted by Gasteiger charge is -2.38. The standard InChI is InChI=1S/C26H30FN5O4/c1-16-24(33)29-28-22-15-35-21-14-17(8-9-19(21)32(16)22)23-18(27)6-5-7-20(23)30-10-12-31(13-11-30)25(34)36-26(2,3)4/h5-9,14,16H,10-13,15H2,1-4H3,(H,29,33). The van der Waals surface area contributed by atoms with E-state index in [1.807, 2.05) is 49.9 Å². The second-order valence-electron chi connectivity index (χ2n) is 10.1. The summed E-state index contributed by atoms with van der Waals surface area (Å²) in [5, 5.41) is 4.10. The predicted molar refractivity (Wildman–Crippen MR) is 135 cm³/mol. The number of benzene rings is 2. The van der Waals surface area contributed by atoms with Crippen LogP contribution in [0.2, 0.25) is 0 Å². The van der Waals surface area contributed by atoms with Crippen LogP contribution in [0.1, 0.15) is 27.7 Å². The van der Waals surface area contributed by atoms with Crippen LogP contribution in [-0.4, -0.2) is 67.2 Å². The highest BCUT2D eigenvalue weighted by Crippen LogP contribution is 2.41. The van der Waals surface area contributed by atoms with Gasteiger partial charge in [-0.25, -0.2) is 14.6 Å². The summed E-state index contributed by atoms with van der Waals surface area (Å²) in [6.07, 6.45) is -0.336. The van der Waals surface area contributed by atoms with Crippen molar-refractivity contribution >= 4 is 29.2 Å². The normalized spacial score (nSPS) is 19.6. The van der Waals surface area contributed by atoms with Crippen LogP contribution in [0.5, 0.6) is 5.75 Å². The Kier molecular flexibility index (Phi) is 5.97. The van der Waals surface area contributed by atoms with Gasteiger partial charge in [0.25, 0.3) is 5.91 Å². The van der Waals surface area contributed by atoms with Crippen LogP contribution >= 0.6 is 0 Å². The highest BCUT2D eigenvalue weighted by molar-refractivity contribution is 6.09. The van der Waals surface area contributed by atoms with Gasteiger partial charge in [-0.2, -0.15) is 5.10 Å². The van der Waals surface area contributed by atoms with Crippen LogP contribution < -0.4 is 20.0 Å². The minimum atomic E-state index is -0.555. The van der Waals surface area contributed by atoms with Crippen molar-refractivity contribution in [1.29, 1.82) is 0 Å². The molecule has 2 aromatic rings. The molecule has 0 aromatic heterocycles. The van der Waals surface area contributed by atoms with E-state index in [0.717, 1.165) is 11.4 Å². The van der Waals surface area contributed by atoms with Crippen LogP contribution in [0.4, 0.5) is 20.6 Å². The Morgan fingerprint density at radius 1 is 1.14 bits per heavy atom. The topological polar surface area (TPSA) is 86.7 Å². The fourth-order valence-electron chi connectivity index (χ4n) is 4.70. The van der Waals surface area contributed by atoms with Crippen molar-refractivity contribution in [1.82, 2.24) is 10.3 Å². The minimum absolute atomic E-state index is 0.197. The van der Waals surface area contributed by atoms with Crippen molar-refractivity contribution in [2.75, 3.05) is 42.6 Å². The fourth-order valence-corrected chi connectivity index (χ4v) is 4.70. The smallest absolute Gasteiger partial charge is 0.410 e. The Hall–Kier alpha value is -3.82. The number of carbonyl (C=O) groups is 2. The fraction of sp³-hybridized carbons (Fsp3) is 0.423. The molecule has 0 aliphatic carbocycles. The van der Waals surface area contributed by atoms with Crippen molar-refractivity contribution in [3.8, 4) is 16.9 Å². The van der Waals surface area contributed by atoms with E-state index < -0.39 is 11.6 Å². The molecule has 2 aromatic carbocycles. The number of hydrazone groups is 1. The molecule has 3 heterocycles. The van der Waals surface area contributed by atoms with Crippen molar-refractivity contribution in [3.63, 3.8) is 0 Å². The molecule has 5 rings (SSSR count). The van der Waals surface area contributed by atoms with E-state index in [1.54, 1.807) is 17.9 Å². The number of nitrogens with zero attached hydrogens (tertiary/aromatic N) is 4. The number of amidine groups is 1. The summed E-state index contributed by atoms with van der Waals surface area (Å²) in [6.45, 7) is 9.61. The molecular weight excluding hydrogens is 465 g/mol. The third-order valence-electron chi connectivity index (χ3n) is 6.47. The molecule has 1 saturated heterocycles. The summed E-state index contributed by atoms with van der Waals surface area (Å²) in [5.41, 5.74) is 4.57. The molecule has 10 heteroatoms. The molecule has 3 aliphatic rings. The van der Waals surface area contributed by atoms with Gasteiger partial charge in [0, 0.05) is 37.4 Å². The van der Waals surface area contributed by atoms with Gasteiger partial charge in [0.15, 0.2) is 5.84 Å². The first-order valence-electron chi connectivity index (χ1n) is 12.1. The molecule has 0 saturated carbocycles. The molecule has 1 atom stereocenters. The monoisotopic (exact) mass is 495 g/mol. The zero-order chi connectivity index (χ0) is 25.6. The maximum absolute atomic E-state index is 15.3. The molecule has 3 aliphatic heterocycles. The first kappa shape index (κ1) is 23.9. The van der Waals surface area contributed by atoms with E-state index in [2.05, 4.69) is 15.4 Å². The first-order chi connectivity index (χ1) is 17.1. The minimum Gasteiger partial charge on any atom is -0.483 e. The number of carbonyl (C=O) groups excluding carboxylic acids is 2. The number of amides is 2. The number of rotatable bonds is 2. The van der Waals surface area contributed by atoms with Gasteiger partial charge in [0.2, 0.25) is 0 Å². The maximum atomic E-state index is 15.3. The van der Waals surface area contributed by atoms with Gasteiger partial charge in [0.05, 0.1) is 5.69 Å². The predicted octanol–water partition coefficient (Wildman–Crippen LogP) is 3.58. The molecule has 0 bridgehead atoms. The highest BCUT2D eigenvalue weighted by atomic mass is 19.1. The Morgan fingerprint density at radius 3 is 2.61 bits per heavy atom. The van der Waals surface area contributed by atoms with Gasteiger partial charge in [-0.1, -0.05) is 12.1 Å². The van der Waals surface area contributed by atoms with E-state index in [1.165, 1.54) is 6.07 Å².